The standard InChI is InChI=1S/C19H15BrClNO2/c1-2-22(13-9-7-12(20)8-10-13)11-16-17(21)19(24)15-6-4-3-5-14(15)18(16)23/h3-10H,2,11H2,1H3. The van der Waals surface area contributed by atoms with Gasteiger partial charge >= 0.3 is 0 Å². The minimum atomic E-state index is -0.284. The third-order valence-electron chi connectivity index (χ3n) is 4.08. The van der Waals surface area contributed by atoms with E-state index in [0.717, 1.165) is 10.2 Å². The van der Waals surface area contributed by atoms with Crippen LogP contribution in [-0.4, -0.2) is 24.7 Å². The molecule has 1 aliphatic carbocycles. The van der Waals surface area contributed by atoms with E-state index in [-0.39, 0.29) is 16.6 Å². The summed E-state index contributed by atoms with van der Waals surface area (Å²) in [5.41, 5.74) is 2.12. The average molecular weight is 405 g/mol. The van der Waals surface area contributed by atoms with E-state index in [1.165, 1.54) is 0 Å². The summed E-state index contributed by atoms with van der Waals surface area (Å²) in [6, 6.07) is 14.6. The Kier molecular flexibility index (Phi) is 4.88. The maximum atomic E-state index is 12.8. The van der Waals surface area contributed by atoms with Crippen molar-refractivity contribution in [2.24, 2.45) is 0 Å². The van der Waals surface area contributed by atoms with Crippen molar-refractivity contribution in [1.29, 1.82) is 0 Å². The minimum absolute atomic E-state index is 0.0225. The fourth-order valence-corrected chi connectivity index (χ4v) is 3.28. The van der Waals surface area contributed by atoms with Gasteiger partial charge in [-0.15, -0.1) is 0 Å². The number of hydrogen-bond acceptors (Lipinski definition) is 3. The maximum absolute atomic E-state index is 12.8. The zero-order chi connectivity index (χ0) is 17.3. The summed E-state index contributed by atoms with van der Waals surface area (Å²) < 4.78 is 0.984. The van der Waals surface area contributed by atoms with E-state index < -0.39 is 0 Å². The van der Waals surface area contributed by atoms with Crippen LogP contribution >= 0.6 is 27.5 Å². The molecule has 0 bridgehead atoms. The van der Waals surface area contributed by atoms with Crippen molar-refractivity contribution in [3.05, 3.63) is 74.7 Å². The number of carbonyl (C=O) groups is 2. The monoisotopic (exact) mass is 403 g/mol. The predicted octanol–water partition coefficient (Wildman–Crippen LogP) is 4.85. The predicted molar refractivity (Wildman–Crippen MR) is 100 cm³/mol. The van der Waals surface area contributed by atoms with E-state index in [1.807, 2.05) is 36.1 Å². The zero-order valence-electron chi connectivity index (χ0n) is 13.1. The number of rotatable bonds is 4. The lowest BCUT2D eigenvalue weighted by molar-refractivity contribution is 0.0979. The van der Waals surface area contributed by atoms with Gasteiger partial charge in [-0.05, 0) is 31.2 Å². The Hall–Kier alpha value is -1.91. The smallest absolute Gasteiger partial charge is 0.205 e. The third kappa shape index (κ3) is 3.04. The van der Waals surface area contributed by atoms with Gasteiger partial charge in [-0.3, -0.25) is 9.59 Å². The summed E-state index contributed by atoms with van der Waals surface area (Å²) in [6.45, 7) is 2.99. The van der Waals surface area contributed by atoms with Gasteiger partial charge in [-0.2, -0.15) is 0 Å². The molecular formula is C19H15BrClNO2. The second-order valence-electron chi connectivity index (χ2n) is 5.49. The molecule has 0 aliphatic heterocycles. The number of benzene rings is 2. The molecule has 5 heteroatoms. The second-order valence-corrected chi connectivity index (χ2v) is 6.78. The molecule has 2 aromatic carbocycles. The van der Waals surface area contributed by atoms with Gasteiger partial charge in [0.25, 0.3) is 0 Å². The van der Waals surface area contributed by atoms with Crippen LogP contribution in [0, 0.1) is 0 Å². The van der Waals surface area contributed by atoms with Crippen molar-refractivity contribution in [2.75, 3.05) is 18.0 Å². The van der Waals surface area contributed by atoms with Gasteiger partial charge in [-0.1, -0.05) is 51.8 Å². The highest BCUT2D eigenvalue weighted by molar-refractivity contribution is 9.10. The van der Waals surface area contributed by atoms with Crippen molar-refractivity contribution in [3.63, 3.8) is 0 Å². The molecule has 0 amide bonds. The Labute approximate surface area is 154 Å². The number of likely N-dealkylation sites (N-methyl/N-ethyl adjacent to an activating group) is 1. The van der Waals surface area contributed by atoms with Crippen LogP contribution in [-0.2, 0) is 0 Å². The molecule has 3 rings (SSSR count). The molecule has 0 N–H and O–H groups in total. The number of carbonyl (C=O) groups excluding carboxylic acids is 2. The molecule has 122 valence electrons. The molecule has 0 atom stereocenters. The largest absolute Gasteiger partial charge is 0.367 e. The Morgan fingerprint density at radius 2 is 1.54 bits per heavy atom. The van der Waals surface area contributed by atoms with Crippen LogP contribution in [0.1, 0.15) is 27.6 Å². The van der Waals surface area contributed by atoms with Gasteiger partial charge in [0, 0.05) is 39.9 Å². The molecule has 0 aromatic heterocycles. The van der Waals surface area contributed by atoms with Crippen LogP contribution in [0.3, 0.4) is 0 Å². The summed E-state index contributed by atoms with van der Waals surface area (Å²) in [7, 11) is 0. The SMILES string of the molecule is CCN(CC1=C(Cl)C(=O)c2ccccc2C1=O)c1ccc(Br)cc1. The molecule has 1 aliphatic rings. The Morgan fingerprint density at radius 1 is 0.958 bits per heavy atom. The molecule has 2 aromatic rings. The Bertz CT molecular complexity index is 843. The fourth-order valence-electron chi connectivity index (χ4n) is 2.77. The number of nitrogens with zero attached hydrogens (tertiary/aromatic N) is 1. The second kappa shape index (κ2) is 6.91. The quantitative estimate of drug-likeness (QED) is 0.731. The van der Waals surface area contributed by atoms with Gasteiger partial charge < -0.3 is 4.90 Å². The maximum Gasteiger partial charge on any atom is 0.205 e. The molecule has 0 radical (unpaired) electrons. The lowest BCUT2D eigenvalue weighted by Gasteiger charge is -2.26. The molecule has 3 nitrogen and oxygen atoms in total. The molecule has 0 heterocycles. The number of halogens is 2. The molecule has 0 fully saturated rings. The van der Waals surface area contributed by atoms with Crippen molar-refractivity contribution in [2.45, 2.75) is 6.92 Å². The van der Waals surface area contributed by atoms with E-state index in [0.29, 0.717) is 29.8 Å². The van der Waals surface area contributed by atoms with Gasteiger partial charge in [0.15, 0.2) is 5.78 Å². The van der Waals surface area contributed by atoms with Crippen LogP contribution in [0.4, 0.5) is 5.69 Å². The van der Waals surface area contributed by atoms with Crippen LogP contribution in [0.25, 0.3) is 0 Å². The van der Waals surface area contributed by atoms with Crippen molar-refractivity contribution >= 4 is 44.8 Å². The highest BCUT2D eigenvalue weighted by Gasteiger charge is 2.31. The van der Waals surface area contributed by atoms with E-state index >= 15 is 0 Å². The zero-order valence-corrected chi connectivity index (χ0v) is 15.4. The van der Waals surface area contributed by atoms with Crippen molar-refractivity contribution < 1.29 is 9.59 Å². The molecule has 0 spiro atoms. The first-order valence-corrected chi connectivity index (χ1v) is 8.77. The molecular weight excluding hydrogens is 390 g/mol. The lowest BCUT2D eigenvalue weighted by atomic mass is 9.89. The van der Waals surface area contributed by atoms with Crippen LogP contribution < -0.4 is 4.90 Å². The summed E-state index contributed by atoms with van der Waals surface area (Å²) in [4.78, 5) is 27.3. The van der Waals surface area contributed by atoms with Gasteiger partial charge in [0.1, 0.15) is 0 Å². The van der Waals surface area contributed by atoms with E-state index in [1.54, 1.807) is 24.3 Å². The van der Waals surface area contributed by atoms with Crippen LogP contribution in [0.2, 0.25) is 0 Å². The first-order valence-electron chi connectivity index (χ1n) is 7.60. The van der Waals surface area contributed by atoms with Gasteiger partial charge in [0.05, 0.1) is 5.03 Å². The van der Waals surface area contributed by atoms with E-state index in [2.05, 4.69) is 15.9 Å². The number of fused-ring (bicyclic) bond motifs is 1. The number of anilines is 1. The molecule has 0 unspecified atom stereocenters. The fraction of sp³-hybridized carbons (Fsp3) is 0.158. The summed E-state index contributed by atoms with van der Waals surface area (Å²) >= 11 is 9.66. The third-order valence-corrected chi connectivity index (χ3v) is 5.01. The highest BCUT2D eigenvalue weighted by atomic mass is 79.9. The van der Waals surface area contributed by atoms with Gasteiger partial charge in [-0.25, -0.2) is 0 Å². The van der Waals surface area contributed by atoms with E-state index in [4.69, 9.17) is 11.6 Å². The van der Waals surface area contributed by atoms with Gasteiger partial charge in [0.2, 0.25) is 5.78 Å². The number of Topliss-reactive ketones (excluding diaryl/α,β-unsaturated/α-hetero) is 2. The summed E-state index contributed by atoms with van der Waals surface area (Å²) in [5.74, 6) is -0.459. The normalized spacial score (nSPS) is 14.0. The topological polar surface area (TPSA) is 37.4 Å². The molecule has 0 saturated heterocycles. The number of ketones is 2. The highest BCUT2D eigenvalue weighted by Crippen LogP contribution is 2.30. The number of hydrogen-bond donors (Lipinski definition) is 0. The summed E-state index contributed by atoms with van der Waals surface area (Å²) in [6.07, 6.45) is 0. The van der Waals surface area contributed by atoms with Crippen molar-refractivity contribution in [3.8, 4) is 0 Å². The lowest BCUT2D eigenvalue weighted by Crippen LogP contribution is -2.31. The molecule has 24 heavy (non-hydrogen) atoms. The summed E-state index contributed by atoms with van der Waals surface area (Å²) in [5, 5.41) is 0.0225. The van der Waals surface area contributed by atoms with Crippen LogP contribution in [0.15, 0.2) is 63.6 Å². The average Bonchev–Trinajstić information content (AvgIpc) is 2.61. The Balaban J connectivity index is 1.96. The van der Waals surface area contributed by atoms with Crippen LogP contribution in [0.5, 0.6) is 0 Å². The minimum Gasteiger partial charge on any atom is -0.367 e. The Morgan fingerprint density at radius 3 is 2.12 bits per heavy atom. The molecule has 0 saturated carbocycles. The number of allylic oxidation sites excluding steroid dienone is 1. The van der Waals surface area contributed by atoms with E-state index in [9.17, 15) is 9.59 Å². The first-order chi connectivity index (χ1) is 11.5. The first kappa shape index (κ1) is 16.9. The van der Waals surface area contributed by atoms with Crippen molar-refractivity contribution in [1.82, 2.24) is 0 Å².